The highest BCUT2D eigenvalue weighted by molar-refractivity contribution is 6.74. The third kappa shape index (κ3) is 5.67. The van der Waals surface area contributed by atoms with Gasteiger partial charge in [-0.25, -0.2) is 9.69 Å². The van der Waals surface area contributed by atoms with Crippen LogP contribution in [0.3, 0.4) is 0 Å². The number of nitrogens with one attached hydrogen (secondary N) is 1. The first-order chi connectivity index (χ1) is 17.2. The lowest BCUT2D eigenvalue weighted by Gasteiger charge is -2.41. The fraction of sp³-hybridized carbons (Fsp3) is 0.536. The lowest BCUT2D eigenvalue weighted by atomic mass is 9.88. The number of carbonyl (C=O) groups is 1. The van der Waals surface area contributed by atoms with Crippen LogP contribution < -0.4 is 10.2 Å². The van der Waals surface area contributed by atoms with Gasteiger partial charge in [0.2, 0.25) is 0 Å². The summed E-state index contributed by atoms with van der Waals surface area (Å²) in [5.74, 6) is 0. The summed E-state index contributed by atoms with van der Waals surface area (Å²) < 4.78 is 49.6. The Morgan fingerprint density at radius 3 is 2.32 bits per heavy atom. The molecule has 5 nitrogen and oxygen atoms in total. The number of amides is 2. The molecule has 2 amide bonds. The maximum Gasteiger partial charge on any atom is 0.490 e. The topological polar surface area (TPSA) is 44.8 Å². The highest BCUT2D eigenvalue weighted by Gasteiger charge is 2.48. The van der Waals surface area contributed by atoms with Crippen LogP contribution in [0.25, 0.3) is 0 Å². The summed E-state index contributed by atoms with van der Waals surface area (Å²) in [6, 6.07) is 11.7. The van der Waals surface area contributed by atoms with Gasteiger partial charge in [-0.15, -0.1) is 13.2 Å². The van der Waals surface area contributed by atoms with Gasteiger partial charge in [0, 0.05) is 24.5 Å². The summed E-state index contributed by atoms with van der Waals surface area (Å²) >= 11 is 0. The molecule has 1 aliphatic heterocycles. The molecule has 2 aliphatic rings. The van der Waals surface area contributed by atoms with Gasteiger partial charge in [0.1, 0.15) is 6.17 Å². The minimum atomic E-state index is -4.84. The average molecular weight is 534 g/mol. The Morgan fingerprint density at radius 1 is 1.00 bits per heavy atom. The molecule has 2 atom stereocenters. The molecule has 2 aromatic carbocycles. The van der Waals surface area contributed by atoms with Crippen LogP contribution in [0.1, 0.15) is 50.3 Å². The van der Waals surface area contributed by atoms with Crippen LogP contribution in [0.2, 0.25) is 18.1 Å². The lowest BCUT2D eigenvalue weighted by Crippen LogP contribution is -2.57. The van der Waals surface area contributed by atoms with Crippen LogP contribution in [0.5, 0.6) is 0 Å². The van der Waals surface area contributed by atoms with Crippen LogP contribution in [-0.4, -0.2) is 44.9 Å². The number of benzene rings is 2. The number of nitrogens with zero attached hydrogens (tertiary/aromatic N) is 2. The zero-order valence-electron chi connectivity index (χ0n) is 22.6. The molecular weight excluding hydrogens is 495 g/mol. The molecule has 0 aromatic heterocycles. The molecule has 9 heteroatoms. The number of urea groups is 1. The molecule has 0 saturated carbocycles. The molecule has 0 radical (unpaired) electrons. The van der Waals surface area contributed by atoms with E-state index < -0.39 is 26.8 Å². The number of fused-ring (bicyclic) bond motifs is 2. The first kappa shape index (κ1) is 27.5. The van der Waals surface area contributed by atoms with Gasteiger partial charge in [-0.3, -0.25) is 4.90 Å². The fourth-order valence-corrected chi connectivity index (χ4v) is 6.43. The number of aryl methyl sites for hydroxylation is 2. The first-order valence-corrected chi connectivity index (χ1v) is 15.9. The number of hydrogen-bond donors (Lipinski definition) is 1. The van der Waals surface area contributed by atoms with E-state index in [9.17, 15) is 18.0 Å². The van der Waals surface area contributed by atoms with Gasteiger partial charge >= 0.3 is 12.3 Å². The number of alkyl halides is 3. The molecule has 37 heavy (non-hydrogen) atoms. The number of anilines is 2. The van der Waals surface area contributed by atoms with E-state index in [1.165, 1.54) is 7.05 Å². The monoisotopic (exact) mass is 533 g/mol. The van der Waals surface area contributed by atoms with Crippen LogP contribution in [0.15, 0.2) is 42.5 Å². The van der Waals surface area contributed by atoms with Crippen molar-refractivity contribution in [2.75, 3.05) is 17.3 Å². The van der Waals surface area contributed by atoms with Crippen LogP contribution >= 0.6 is 0 Å². The molecule has 2 aromatic rings. The van der Waals surface area contributed by atoms with E-state index in [4.69, 9.17) is 4.43 Å². The summed E-state index contributed by atoms with van der Waals surface area (Å²) in [5.41, 5.74) is 4.06. The Morgan fingerprint density at radius 2 is 1.65 bits per heavy atom. The maximum atomic E-state index is 14.3. The van der Waals surface area contributed by atoms with Crippen LogP contribution in [-0.2, 0) is 23.7 Å². The predicted molar refractivity (Wildman–Crippen MR) is 144 cm³/mol. The van der Waals surface area contributed by atoms with E-state index in [0.29, 0.717) is 24.2 Å². The second kappa shape index (κ2) is 9.98. The van der Waals surface area contributed by atoms with Gasteiger partial charge < -0.3 is 9.74 Å². The molecule has 0 saturated heterocycles. The lowest BCUT2D eigenvalue weighted by molar-refractivity contribution is -0.232. The summed E-state index contributed by atoms with van der Waals surface area (Å²) in [7, 11) is -0.584. The first-order valence-electron chi connectivity index (χ1n) is 13.0. The fourth-order valence-electron chi connectivity index (χ4n) is 5.05. The van der Waals surface area contributed by atoms with Crippen molar-refractivity contribution in [1.29, 1.82) is 0 Å². The van der Waals surface area contributed by atoms with Crippen molar-refractivity contribution >= 4 is 25.7 Å². The quantitative estimate of drug-likeness (QED) is 0.331. The Labute approximate surface area is 219 Å². The zero-order valence-corrected chi connectivity index (χ0v) is 23.6. The van der Waals surface area contributed by atoms with E-state index >= 15 is 0 Å². The number of rotatable bonds is 4. The Kier molecular flexibility index (Phi) is 7.42. The van der Waals surface area contributed by atoms with E-state index in [-0.39, 0.29) is 22.5 Å². The Balaban J connectivity index is 1.60. The van der Waals surface area contributed by atoms with Crippen molar-refractivity contribution < 1.29 is 22.4 Å². The third-order valence-electron chi connectivity index (χ3n) is 8.15. The van der Waals surface area contributed by atoms with Gasteiger partial charge in [0.25, 0.3) is 0 Å². The highest BCUT2D eigenvalue weighted by atomic mass is 28.4. The molecule has 1 heterocycles. The Bertz CT molecular complexity index is 1150. The SMILES string of the molecule is CN(C(=O)N(C1CCc2ccccc2N1)C(F)(F)F)c1cccc2c1CC(O[Si](C)(C)C(C)(C)C)CC2. The van der Waals surface area contributed by atoms with Gasteiger partial charge in [0.15, 0.2) is 8.32 Å². The average Bonchev–Trinajstić information content (AvgIpc) is 2.81. The molecule has 2 unspecified atom stereocenters. The maximum absolute atomic E-state index is 14.3. The van der Waals surface area contributed by atoms with E-state index in [2.05, 4.69) is 39.2 Å². The van der Waals surface area contributed by atoms with E-state index in [1.807, 2.05) is 24.3 Å². The minimum Gasteiger partial charge on any atom is -0.414 e. The van der Waals surface area contributed by atoms with Gasteiger partial charge in [-0.1, -0.05) is 51.1 Å². The smallest absolute Gasteiger partial charge is 0.414 e. The van der Waals surface area contributed by atoms with Crippen molar-refractivity contribution in [3.63, 3.8) is 0 Å². The molecule has 0 fully saturated rings. The van der Waals surface area contributed by atoms with Crippen molar-refractivity contribution in [3.8, 4) is 0 Å². The van der Waals surface area contributed by atoms with Crippen molar-refractivity contribution in [2.24, 2.45) is 0 Å². The number of hydrogen-bond acceptors (Lipinski definition) is 3. The van der Waals surface area contributed by atoms with Crippen LogP contribution in [0, 0.1) is 0 Å². The van der Waals surface area contributed by atoms with Gasteiger partial charge in [0.05, 0.1) is 0 Å². The zero-order chi connectivity index (χ0) is 27.2. The molecule has 1 aliphatic carbocycles. The van der Waals surface area contributed by atoms with Gasteiger partial charge in [-0.05, 0) is 79.1 Å². The van der Waals surface area contributed by atoms with Crippen molar-refractivity contribution in [3.05, 3.63) is 59.2 Å². The number of carbonyl (C=O) groups excluding carboxylic acids is 1. The number of para-hydroxylation sites is 1. The summed E-state index contributed by atoms with van der Waals surface area (Å²) in [5, 5.41) is 3.00. The second-order valence-corrected chi connectivity index (χ2v) is 16.4. The van der Waals surface area contributed by atoms with Crippen LogP contribution in [0.4, 0.5) is 29.3 Å². The van der Waals surface area contributed by atoms with Crippen molar-refractivity contribution in [1.82, 2.24) is 4.90 Å². The second-order valence-electron chi connectivity index (χ2n) is 11.7. The normalized spacial score (nSPS) is 19.9. The summed E-state index contributed by atoms with van der Waals surface area (Å²) in [6.45, 7) is 11.0. The molecular formula is C28H38F3N3O2Si. The number of halogens is 3. The molecule has 1 N–H and O–H groups in total. The predicted octanol–water partition coefficient (Wildman–Crippen LogP) is 7.33. The minimum absolute atomic E-state index is 0.0201. The van der Waals surface area contributed by atoms with E-state index in [0.717, 1.165) is 34.4 Å². The van der Waals surface area contributed by atoms with Crippen molar-refractivity contribution in [2.45, 2.75) is 89.6 Å². The summed E-state index contributed by atoms with van der Waals surface area (Å²) in [6.07, 6.45) is -3.19. The van der Waals surface area contributed by atoms with Gasteiger partial charge in [-0.2, -0.15) is 0 Å². The summed E-state index contributed by atoms with van der Waals surface area (Å²) in [4.78, 5) is 14.7. The molecule has 4 rings (SSSR count). The third-order valence-corrected chi connectivity index (χ3v) is 12.7. The standard InChI is InChI=1S/C28H38F3N3O2Si/c1-27(2,3)37(5,6)36-21-16-14-19-11-9-13-24(22(19)18-21)33(4)26(35)34(28(29,30)31)25-17-15-20-10-7-8-12-23(20)32-25/h7-13,21,25,32H,14-18H2,1-6H3. The van der Waals surface area contributed by atoms with E-state index in [1.54, 1.807) is 18.2 Å². The molecule has 202 valence electrons. The highest BCUT2D eigenvalue weighted by Crippen LogP contribution is 2.40. The Hall–Kier alpha value is -2.52. The molecule has 0 spiro atoms. The largest absolute Gasteiger partial charge is 0.490 e. The molecule has 0 bridgehead atoms.